The second-order valence-corrected chi connectivity index (χ2v) is 19.7. The van der Waals surface area contributed by atoms with E-state index >= 15 is 0 Å². The van der Waals surface area contributed by atoms with E-state index in [9.17, 15) is 35.1 Å². The van der Waals surface area contributed by atoms with E-state index in [1.807, 2.05) is 6.08 Å². The van der Waals surface area contributed by atoms with Gasteiger partial charge in [-0.25, -0.2) is 0 Å². The van der Waals surface area contributed by atoms with Gasteiger partial charge >= 0.3 is 5.97 Å². The van der Waals surface area contributed by atoms with Crippen LogP contribution in [0.2, 0.25) is 0 Å². The highest BCUT2D eigenvalue weighted by Crippen LogP contribution is 2.23. The van der Waals surface area contributed by atoms with Gasteiger partial charge < -0.3 is 45.1 Å². The predicted molar refractivity (Wildman–Crippen MR) is 269 cm³/mol. The molecule has 0 aromatic rings. The molecular formula is C55H105NO10. The summed E-state index contributed by atoms with van der Waals surface area (Å²) in [5, 5.41) is 54.1. The molecule has 1 rings (SSSR count). The third-order valence-electron chi connectivity index (χ3n) is 13.4. The Morgan fingerprint density at radius 2 is 0.955 bits per heavy atom. The van der Waals surface area contributed by atoms with E-state index in [-0.39, 0.29) is 18.5 Å². The molecule has 0 saturated carbocycles. The molecule has 7 unspecified atom stereocenters. The number of ether oxygens (including phenoxy) is 3. The standard InChI is InChI=1S/C55H105NO10/c1-3-5-7-9-11-13-14-15-16-17-18-19-23-27-31-35-39-43-51(60)64-44-40-36-32-28-24-21-20-22-26-30-34-38-42-50(59)56-47(48(58)41-37-33-29-25-12-10-8-6-4-2)46-65-55-54(63)53(62)52(61)49(45-57)66-55/h37,41,47-49,52-55,57-58,61-63H,3-36,38-40,42-46H2,1-2H3,(H,56,59)/b41-37+. The number of esters is 1. The van der Waals surface area contributed by atoms with Crippen molar-refractivity contribution in [1.29, 1.82) is 0 Å². The number of unbranched alkanes of at least 4 members (excludes halogenated alkanes) is 34. The number of allylic oxidation sites excluding steroid dienone is 1. The van der Waals surface area contributed by atoms with Crippen LogP contribution < -0.4 is 5.32 Å². The van der Waals surface area contributed by atoms with Gasteiger partial charge in [-0.1, -0.05) is 231 Å². The van der Waals surface area contributed by atoms with Crippen molar-refractivity contribution in [2.24, 2.45) is 0 Å². The minimum absolute atomic E-state index is 0.0293. The van der Waals surface area contributed by atoms with E-state index in [0.717, 1.165) is 70.6 Å². The number of aliphatic hydroxyl groups is 5. The summed E-state index contributed by atoms with van der Waals surface area (Å²) in [5.74, 6) is -0.228. The number of amides is 1. The smallest absolute Gasteiger partial charge is 0.305 e. The van der Waals surface area contributed by atoms with Gasteiger partial charge in [-0.05, 0) is 32.1 Å². The highest BCUT2D eigenvalue weighted by atomic mass is 16.7. The van der Waals surface area contributed by atoms with Gasteiger partial charge in [0, 0.05) is 12.8 Å². The molecule has 66 heavy (non-hydrogen) atoms. The van der Waals surface area contributed by atoms with E-state index in [2.05, 4.69) is 19.2 Å². The molecule has 1 aliphatic heterocycles. The number of carbonyl (C=O) groups is 2. The monoisotopic (exact) mass is 940 g/mol. The molecule has 7 atom stereocenters. The molecule has 0 aromatic heterocycles. The van der Waals surface area contributed by atoms with Crippen LogP contribution in [0.5, 0.6) is 0 Å². The van der Waals surface area contributed by atoms with Crippen LogP contribution >= 0.6 is 0 Å². The Kier molecular flexibility index (Phi) is 43.3. The Hall–Kier alpha value is -1.60. The van der Waals surface area contributed by atoms with Crippen LogP contribution in [0.25, 0.3) is 0 Å². The molecule has 1 amide bonds. The van der Waals surface area contributed by atoms with Crippen LogP contribution in [0.4, 0.5) is 0 Å². The molecular weight excluding hydrogens is 835 g/mol. The lowest BCUT2D eigenvalue weighted by Gasteiger charge is -2.40. The zero-order valence-corrected chi connectivity index (χ0v) is 42.7. The quantitative estimate of drug-likeness (QED) is 0.0196. The Morgan fingerprint density at radius 3 is 1.41 bits per heavy atom. The summed E-state index contributed by atoms with van der Waals surface area (Å²) in [6.07, 6.45) is 41.6. The minimum atomic E-state index is -1.57. The molecule has 0 bridgehead atoms. The fourth-order valence-electron chi connectivity index (χ4n) is 8.91. The third-order valence-corrected chi connectivity index (χ3v) is 13.4. The van der Waals surface area contributed by atoms with E-state index in [0.29, 0.717) is 19.4 Å². The minimum Gasteiger partial charge on any atom is -0.466 e. The number of carbonyl (C=O) groups excluding carboxylic acids is 2. The van der Waals surface area contributed by atoms with Crippen LogP contribution in [0.3, 0.4) is 0 Å². The lowest BCUT2D eigenvalue weighted by molar-refractivity contribution is -0.302. The second-order valence-electron chi connectivity index (χ2n) is 19.7. The fourth-order valence-corrected chi connectivity index (χ4v) is 8.91. The molecule has 1 heterocycles. The first-order valence-corrected chi connectivity index (χ1v) is 28.0. The first-order valence-electron chi connectivity index (χ1n) is 28.0. The highest BCUT2D eigenvalue weighted by Gasteiger charge is 2.44. The van der Waals surface area contributed by atoms with Crippen molar-refractivity contribution in [2.75, 3.05) is 19.8 Å². The maximum Gasteiger partial charge on any atom is 0.305 e. The summed E-state index contributed by atoms with van der Waals surface area (Å²) in [5.41, 5.74) is 0. The van der Waals surface area contributed by atoms with E-state index in [1.54, 1.807) is 6.08 Å². The number of hydrogen-bond donors (Lipinski definition) is 6. The van der Waals surface area contributed by atoms with Crippen molar-refractivity contribution in [2.45, 2.75) is 307 Å². The summed E-state index contributed by atoms with van der Waals surface area (Å²) in [7, 11) is 0. The maximum absolute atomic E-state index is 13.0. The molecule has 11 heteroatoms. The summed E-state index contributed by atoms with van der Waals surface area (Å²) in [4.78, 5) is 25.1. The number of aliphatic hydroxyl groups excluding tert-OH is 5. The zero-order valence-electron chi connectivity index (χ0n) is 42.7. The molecule has 0 aromatic carbocycles. The van der Waals surface area contributed by atoms with Crippen molar-refractivity contribution in [1.82, 2.24) is 5.32 Å². The normalized spacial score (nSPS) is 19.7. The molecule has 6 N–H and O–H groups in total. The van der Waals surface area contributed by atoms with Gasteiger partial charge in [0.1, 0.15) is 24.4 Å². The van der Waals surface area contributed by atoms with Gasteiger partial charge in [0.2, 0.25) is 5.91 Å². The SMILES string of the molecule is CCCCCCCCC/C=C/C(O)C(COC1OC(CO)C(O)C(O)C1O)NC(=O)CCCCCCCCCCCCCCOC(=O)CCCCCCCCCCCCCCCCCCC. The highest BCUT2D eigenvalue weighted by molar-refractivity contribution is 5.76. The molecule has 1 saturated heterocycles. The largest absolute Gasteiger partial charge is 0.466 e. The number of rotatable bonds is 48. The first-order chi connectivity index (χ1) is 32.2. The molecule has 0 radical (unpaired) electrons. The van der Waals surface area contributed by atoms with Crippen molar-refractivity contribution in [3.8, 4) is 0 Å². The van der Waals surface area contributed by atoms with Crippen LogP contribution in [0.15, 0.2) is 12.2 Å². The second kappa shape index (κ2) is 45.8. The van der Waals surface area contributed by atoms with E-state index < -0.39 is 49.5 Å². The molecule has 1 fully saturated rings. The summed E-state index contributed by atoms with van der Waals surface area (Å²) < 4.78 is 16.7. The number of hydrogen-bond acceptors (Lipinski definition) is 10. The molecule has 0 spiro atoms. The van der Waals surface area contributed by atoms with Gasteiger partial charge in [0.05, 0.1) is 32.0 Å². The lowest BCUT2D eigenvalue weighted by atomic mass is 9.99. The van der Waals surface area contributed by atoms with Crippen molar-refractivity contribution >= 4 is 11.9 Å². The van der Waals surface area contributed by atoms with Crippen molar-refractivity contribution in [3.63, 3.8) is 0 Å². The van der Waals surface area contributed by atoms with Crippen LogP contribution in [0, 0.1) is 0 Å². The maximum atomic E-state index is 13.0. The predicted octanol–water partition coefficient (Wildman–Crippen LogP) is 12.0. The van der Waals surface area contributed by atoms with Crippen molar-refractivity contribution < 1.29 is 49.3 Å². The topological polar surface area (TPSA) is 175 Å². The van der Waals surface area contributed by atoms with Gasteiger partial charge in [0.15, 0.2) is 6.29 Å². The van der Waals surface area contributed by atoms with Gasteiger partial charge in [-0.3, -0.25) is 9.59 Å². The molecule has 11 nitrogen and oxygen atoms in total. The van der Waals surface area contributed by atoms with E-state index in [1.165, 1.54) is 167 Å². The molecule has 0 aliphatic carbocycles. The summed E-state index contributed by atoms with van der Waals surface area (Å²) in [6.45, 7) is 4.27. The van der Waals surface area contributed by atoms with Crippen LogP contribution in [-0.2, 0) is 23.8 Å². The average Bonchev–Trinajstić information content (AvgIpc) is 3.31. The fraction of sp³-hybridized carbons (Fsp3) is 0.927. The Morgan fingerprint density at radius 1 is 0.545 bits per heavy atom. The van der Waals surface area contributed by atoms with Crippen molar-refractivity contribution in [3.05, 3.63) is 12.2 Å². The average molecular weight is 940 g/mol. The van der Waals surface area contributed by atoms with Gasteiger partial charge in [-0.2, -0.15) is 0 Å². The number of nitrogens with one attached hydrogen (secondary N) is 1. The van der Waals surface area contributed by atoms with Crippen LogP contribution in [0.1, 0.15) is 264 Å². The Labute approximate surface area is 404 Å². The zero-order chi connectivity index (χ0) is 48.1. The van der Waals surface area contributed by atoms with Gasteiger partial charge in [-0.15, -0.1) is 0 Å². The van der Waals surface area contributed by atoms with E-state index in [4.69, 9.17) is 14.2 Å². The Bertz CT molecular complexity index is 1110. The Balaban J connectivity index is 2.07. The third kappa shape index (κ3) is 35.5. The van der Waals surface area contributed by atoms with Gasteiger partial charge in [0.25, 0.3) is 0 Å². The summed E-state index contributed by atoms with van der Waals surface area (Å²) in [6, 6.07) is -0.819. The molecule has 390 valence electrons. The first kappa shape index (κ1) is 62.4. The van der Waals surface area contributed by atoms with Crippen LogP contribution in [-0.4, -0.2) is 100 Å². The lowest BCUT2D eigenvalue weighted by Crippen LogP contribution is -2.60. The molecule has 1 aliphatic rings. The summed E-state index contributed by atoms with van der Waals surface area (Å²) >= 11 is 0.